The topological polar surface area (TPSA) is 93.6 Å². The molecule has 0 radical (unpaired) electrons. The van der Waals surface area contributed by atoms with Crippen LogP contribution in [0.2, 0.25) is 0 Å². The second kappa shape index (κ2) is 13.6. The van der Waals surface area contributed by atoms with E-state index in [1.54, 1.807) is 26.9 Å². The van der Waals surface area contributed by atoms with E-state index in [-0.39, 0.29) is 37.4 Å². The van der Waals surface area contributed by atoms with Gasteiger partial charge in [-0.2, -0.15) is 0 Å². The summed E-state index contributed by atoms with van der Waals surface area (Å²) in [4.78, 5) is 50.6. The zero-order valence-corrected chi connectivity index (χ0v) is 26.5. The molecule has 1 N–H and O–H groups in total. The van der Waals surface area contributed by atoms with Crippen molar-refractivity contribution in [2.24, 2.45) is 11.8 Å². The van der Waals surface area contributed by atoms with Gasteiger partial charge < -0.3 is 29.4 Å². The summed E-state index contributed by atoms with van der Waals surface area (Å²) >= 11 is 0. The number of nitrogens with zero attached hydrogens (tertiary/aromatic N) is 4. The standard InChI is InChI=1S/C34H50N4O5/c1-7-20-36(21-8-2)30(40)27-28-31(41)38(23-13-24-39)29(34(28)19-18-33(27,10-4)43-34)32(42)37(22-9-3)26-16-14-25(15-17-26)35(11-5)12-6/h7,9,14-17,27-29,39H,1,3,8,10-13,18-24H2,2,4-6H3/t27-,28-,29?,33+,34?/m0/s1. The summed E-state index contributed by atoms with van der Waals surface area (Å²) < 4.78 is 6.94. The van der Waals surface area contributed by atoms with Gasteiger partial charge in [-0.15, -0.1) is 13.2 Å². The Bertz CT molecular complexity index is 1180. The fraction of sp³-hybridized carbons (Fsp3) is 0.618. The highest BCUT2D eigenvalue weighted by molar-refractivity contribution is 6.05. The van der Waals surface area contributed by atoms with Crippen LogP contribution >= 0.6 is 0 Å². The molecule has 1 aromatic rings. The Labute approximate surface area is 257 Å². The number of ether oxygens (including phenoxy) is 1. The summed E-state index contributed by atoms with van der Waals surface area (Å²) in [6.45, 7) is 19.0. The predicted octanol–water partition coefficient (Wildman–Crippen LogP) is 4.01. The molecule has 3 amide bonds. The minimum atomic E-state index is -1.12. The Morgan fingerprint density at radius 3 is 2.23 bits per heavy atom. The molecule has 3 saturated heterocycles. The molecule has 0 aliphatic carbocycles. The second-order valence-corrected chi connectivity index (χ2v) is 11.9. The summed E-state index contributed by atoms with van der Waals surface area (Å²) in [5.41, 5.74) is -0.145. The van der Waals surface area contributed by atoms with Crippen LogP contribution in [0.5, 0.6) is 0 Å². The lowest BCUT2D eigenvalue weighted by atomic mass is 9.64. The monoisotopic (exact) mass is 594 g/mol. The Morgan fingerprint density at radius 1 is 1.02 bits per heavy atom. The van der Waals surface area contributed by atoms with E-state index in [0.29, 0.717) is 44.5 Å². The number of carbonyl (C=O) groups excluding carboxylic acids is 3. The third-order valence-electron chi connectivity index (χ3n) is 9.76. The van der Waals surface area contributed by atoms with Crippen molar-refractivity contribution in [2.75, 3.05) is 55.7 Å². The van der Waals surface area contributed by atoms with Crippen molar-refractivity contribution in [1.82, 2.24) is 9.80 Å². The third kappa shape index (κ3) is 5.50. The van der Waals surface area contributed by atoms with Crippen LogP contribution in [0.4, 0.5) is 11.4 Å². The van der Waals surface area contributed by atoms with Crippen molar-refractivity contribution in [3.63, 3.8) is 0 Å². The van der Waals surface area contributed by atoms with Gasteiger partial charge in [0.25, 0.3) is 5.91 Å². The number of fused-ring (bicyclic) bond motifs is 1. The largest absolute Gasteiger partial charge is 0.396 e. The lowest BCUT2D eigenvalue weighted by Gasteiger charge is -2.37. The van der Waals surface area contributed by atoms with Crippen molar-refractivity contribution >= 4 is 29.1 Å². The van der Waals surface area contributed by atoms with Gasteiger partial charge >= 0.3 is 0 Å². The minimum Gasteiger partial charge on any atom is -0.396 e. The Hall–Kier alpha value is -3.17. The molecular weight excluding hydrogens is 544 g/mol. The van der Waals surface area contributed by atoms with E-state index in [4.69, 9.17) is 4.74 Å². The predicted molar refractivity (Wildman–Crippen MR) is 170 cm³/mol. The average Bonchev–Trinajstić information content (AvgIpc) is 3.62. The zero-order chi connectivity index (χ0) is 31.4. The minimum absolute atomic E-state index is 0.103. The number of hydrogen-bond acceptors (Lipinski definition) is 6. The van der Waals surface area contributed by atoms with Gasteiger partial charge in [0, 0.05) is 57.3 Å². The lowest BCUT2D eigenvalue weighted by molar-refractivity contribution is -0.151. The number of anilines is 2. The van der Waals surface area contributed by atoms with Crippen LogP contribution in [0, 0.1) is 11.8 Å². The van der Waals surface area contributed by atoms with Crippen LogP contribution in [0.1, 0.15) is 59.8 Å². The smallest absolute Gasteiger partial charge is 0.253 e. The SMILES string of the molecule is C=CCN(CCC)C(=O)[C@@H]1[C@H]2C(=O)N(CCCO)C(C(=O)N(CC=C)c3ccc(N(CC)CC)cc3)C23CC[C@@]1(CC)O3. The lowest BCUT2D eigenvalue weighted by Crippen LogP contribution is -2.56. The maximum absolute atomic E-state index is 14.7. The Morgan fingerprint density at radius 2 is 1.67 bits per heavy atom. The van der Waals surface area contributed by atoms with Gasteiger partial charge in [-0.3, -0.25) is 14.4 Å². The fourth-order valence-electron chi connectivity index (χ4n) is 7.80. The molecule has 9 heteroatoms. The summed E-state index contributed by atoms with van der Waals surface area (Å²) in [6, 6.07) is 6.98. The summed E-state index contributed by atoms with van der Waals surface area (Å²) in [7, 11) is 0. The van der Waals surface area contributed by atoms with Gasteiger partial charge in [0.2, 0.25) is 11.8 Å². The second-order valence-electron chi connectivity index (χ2n) is 11.9. The normalized spacial score (nSPS) is 27.2. The molecule has 2 bridgehead atoms. The summed E-state index contributed by atoms with van der Waals surface area (Å²) in [5, 5.41) is 9.71. The van der Waals surface area contributed by atoms with E-state index in [1.165, 1.54) is 0 Å². The number of carbonyl (C=O) groups is 3. The van der Waals surface area contributed by atoms with Crippen LogP contribution in [-0.2, 0) is 19.1 Å². The molecule has 3 aliphatic rings. The molecule has 2 unspecified atom stereocenters. The van der Waals surface area contributed by atoms with E-state index in [0.717, 1.165) is 25.2 Å². The molecule has 9 nitrogen and oxygen atoms in total. The van der Waals surface area contributed by atoms with Crippen LogP contribution in [-0.4, -0.2) is 95.7 Å². The van der Waals surface area contributed by atoms with Gasteiger partial charge in [-0.05, 0) is 70.2 Å². The highest BCUT2D eigenvalue weighted by Gasteiger charge is 2.79. The van der Waals surface area contributed by atoms with E-state index < -0.39 is 29.1 Å². The van der Waals surface area contributed by atoms with E-state index in [1.807, 2.05) is 38.1 Å². The molecule has 1 aromatic carbocycles. The molecule has 5 atom stereocenters. The molecule has 43 heavy (non-hydrogen) atoms. The molecular formula is C34H50N4O5. The number of likely N-dealkylation sites (tertiary alicyclic amines) is 1. The van der Waals surface area contributed by atoms with Crippen molar-refractivity contribution in [3.05, 3.63) is 49.6 Å². The first-order chi connectivity index (χ1) is 20.7. The number of amides is 3. The van der Waals surface area contributed by atoms with E-state index in [2.05, 4.69) is 31.9 Å². The summed E-state index contributed by atoms with van der Waals surface area (Å²) in [6.07, 6.45) is 6.21. The number of rotatable bonds is 16. The zero-order valence-electron chi connectivity index (χ0n) is 26.5. The average molecular weight is 595 g/mol. The third-order valence-corrected chi connectivity index (χ3v) is 9.76. The molecule has 236 valence electrons. The molecule has 1 spiro atoms. The van der Waals surface area contributed by atoms with Crippen LogP contribution < -0.4 is 9.80 Å². The number of benzene rings is 1. The fourth-order valence-corrected chi connectivity index (χ4v) is 7.80. The first-order valence-electron chi connectivity index (χ1n) is 16.0. The number of hydrogen-bond donors (Lipinski definition) is 1. The number of aliphatic hydroxyl groups is 1. The quantitative estimate of drug-likeness (QED) is 0.291. The molecule has 0 saturated carbocycles. The first-order valence-corrected chi connectivity index (χ1v) is 16.0. The van der Waals surface area contributed by atoms with Crippen LogP contribution in [0.15, 0.2) is 49.6 Å². The molecule has 4 rings (SSSR count). The van der Waals surface area contributed by atoms with Crippen molar-refractivity contribution in [1.29, 1.82) is 0 Å². The Balaban J connectivity index is 1.78. The molecule has 0 aromatic heterocycles. The van der Waals surface area contributed by atoms with Crippen LogP contribution in [0.25, 0.3) is 0 Å². The number of aliphatic hydroxyl groups excluding tert-OH is 1. The highest BCUT2D eigenvalue weighted by atomic mass is 16.5. The van der Waals surface area contributed by atoms with Gasteiger partial charge in [-0.25, -0.2) is 0 Å². The van der Waals surface area contributed by atoms with Crippen molar-refractivity contribution < 1.29 is 24.2 Å². The van der Waals surface area contributed by atoms with Gasteiger partial charge in [0.15, 0.2) is 0 Å². The summed E-state index contributed by atoms with van der Waals surface area (Å²) in [5.74, 6) is -2.03. The molecule has 3 aliphatic heterocycles. The first kappa shape index (κ1) is 32.7. The van der Waals surface area contributed by atoms with E-state index >= 15 is 0 Å². The van der Waals surface area contributed by atoms with Gasteiger partial charge in [-0.1, -0.05) is 26.0 Å². The maximum Gasteiger partial charge on any atom is 0.253 e. The van der Waals surface area contributed by atoms with Crippen molar-refractivity contribution in [3.8, 4) is 0 Å². The van der Waals surface area contributed by atoms with Crippen LogP contribution in [0.3, 0.4) is 0 Å². The maximum atomic E-state index is 14.7. The van der Waals surface area contributed by atoms with E-state index in [9.17, 15) is 19.5 Å². The Kier molecular flexibility index (Phi) is 10.4. The van der Waals surface area contributed by atoms with Crippen molar-refractivity contribution in [2.45, 2.75) is 77.0 Å². The highest BCUT2D eigenvalue weighted by Crippen LogP contribution is 2.64. The molecule has 3 fully saturated rings. The molecule has 3 heterocycles. The van der Waals surface area contributed by atoms with Gasteiger partial charge in [0.05, 0.1) is 17.4 Å². The van der Waals surface area contributed by atoms with Gasteiger partial charge in [0.1, 0.15) is 11.6 Å².